The van der Waals surface area contributed by atoms with Crippen LogP contribution in [0.5, 0.6) is 0 Å². The highest BCUT2D eigenvalue weighted by Crippen LogP contribution is 2.19. The molecule has 0 aliphatic carbocycles. The first-order valence-electron chi connectivity index (χ1n) is 9.17. The molecule has 1 aliphatic heterocycles. The Kier molecular flexibility index (Phi) is 6.30. The number of benzene rings is 1. The SMILES string of the molecule is CCCCc1ccc(NC(=O)c2cc(S(=O)(=O)N3CCOCC3)c[nH]2)cc1. The molecule has 1 fully saturated rings. The van der Waals surface area contributed by atoms with Gasteiger partial charge in [-0.1, -0.05) is 25.5 Å². The van der Waals surface area contributed by atoms with Crippen molar-refractivity contribution in [2.45, 2.75) is 31.1 Å². The van der Waals surface area contributed by atoms with Crippen LogP contribution in [-0.2, 0) is 21.2 Å². The van der Waals surface area contributed by atoms with Gasteiger partial charge in [-0.15, -0.1) is 0 Å². The first-order chi connectivity index (χ1) is 13.0. The van der Waals surface area contributed by atoms with Crippen LogP contribution in [0.15, 0.2) is 41.4 Å². The van der Waals surface area contributed by atoms with Crippen molar-refractivity contribution in [3.8, 4) is 0 Å². The van der Waals surface area contributed by atoms with Gasteiger partial charge in [0.15, 0.2) is 0 Å². The number of aromatic nitrogens is 1. The Morgan fingerprint density at radius 3 is 2.59 bits per heavy atom. The fourth-order valence-electron chi connectivity index (χ4n) is 2.92. The summed E-state index contributed by atoms with van der Waals surface area (Å²) >= 11 is 0. The number of aromatic amines is 1. The van der Waals surface area contributed by atoms with Gasteiger partial charge in [-0.2, -0.15) is 4.31 Å². The lowest BCUT2D eigenvalue weighted by Crippen LogP contribution is -2.40. The Morgan fingerprint density at radius 1 is 1.22 bits per heavy atom. The summed E-state index contributed by atoms with van der Waals surface area (Å²) in [5.74, 6) is -0.375. The molecule has 0 saturated carbocycles. The number of H-pyrrole nitrogens is 1. The normalized spacial score (nSPS) is 15.6. The van der Waals surface area contributed by atoms with E-state index in [2.05, 4.69) is 17.2 Å². The van der Waals surface area contributed by atoms with Crippen molar-refractivity contribution in [3.63, 3.8) is 0 Å². The molecule has 0 spiro atoms. The van der Waals surface area contributed by atoms with Gasteiger partial charge in [0.2, 0.25) is 10.0 Å². The van der Waals surface area contributed by atoms with Crippen LogP contribution in [0.1, 0.15) is 35.8 Å². The van der Waals surface area contributed by atoms with E-state index in [1.165, 1.54) is 22.1 Å². The average Bonchev–Trinajstić information content (AvgIpc) is 3.19. The van der Waals surface area contributed by atoms with Crippen LogP contribution >= 0.6 is 0 Å². The average molecular weight is 391 g/mol. The molecule has 3 rings (SSSR count). The summed E-state index contributed by atoms with van der Waals surface area (Å²) in [4.78, 5) is 15.3. The zero-order valence-corrected chi connectivity index (χ0v) is 16.2. The van der Waals surface area contributed by atoms with E-state index in [1.807, 2.05) is 24.3 Å². The second-order valence-corrected chi connectivity index (χ2v) is 8.46. The molecule has 1 amide bonds. The van der Waals surface area contributed by atoms with Gasteiger partial charge in [0.1, 0.15) is 10.6 Å². The first kappa shape index (κ1) is 19.6. The third-order valence-electron chi connectivity index (χ3n) is 4.54. The van der Waals surface area contributed by atoms with E-state index < -0.39 is 10.0 Å². The van der Waals surface area contributed by atoms with Crippen molar-refractivity contribution < 1.29 is 17.9 Å². The number of nitrogens with one attached hydrogen (secondary N) is 2. The molecule has 2 N–H and O–H groups in total. The summed E-state index contributed by atoms with van der Waals surface area (Å²) in [7, 11) is -3.62. The molecule has 1 aliphatic rings. The quantitative estimate of drug-likeness (QED) is 0.759. The maximum absolute atomic E-state index is 12.6. The molecule has 8 heteroatoms. The second kappa shape index (κ2) is 8.69. The molecular weight excluding hydrogens is 366 g/mol. The van der Waals surface area contributed by atoms with Crippen molar-refractivity contribution in [3.05, 3.63) is 47.8 Å². The molecule has 146 valence electrons. The number of hydrogen-bond donors (Lipinski definition) is 2. The predicted octanol–water partition coefficient (Wildman–Crippen LogP) is 2.63. The topological polar surface area (TPSA) is 91.5 Å². The van der Waals surface area contributed by atoms with Gasteiger partial charge >= 0.3 is 0 Å². The molecule has 2 aromatic rings. The van der Waals surface area contributed by atoms with E-state index in [0.29, 0.717) is 32.0 Å². The zero-order chi connectivity index (χ0) is 19.3. The predicted molar refractivity (Wildman–Crippen MR) is 103 cm³/mol. The lowest BCUT2D eigenvalue weighted by molar-refractivity contribution is 0.0730. The van der Waals surface area contributed by atoms with Gasteiger partial charge in [-0.05, 0) is 36.6 Å². The van der Waals surface area contributed by atoms with Crippen molar-refractivity contribution in [1.82, 2.24) is 9.29 Å². The minimum Gasteiger partial charge on any atom is -0.379 e. The van der Waals surface area contributed by atoms with E-state index in [1.54, 1.807) is 0 Å². The number of aryl methyl sites for hydroxylation is 1. The van der Waals surface area contributed by atoms with Crippen LogP contribution in [0.3, 0.4) is 0 Å². The highest BCUT2D eigenvalue weighted by Gasteiger charge is 2.27. The van der Waals surface area contributed by atoms with Gasteiger partial charge in [-0.25, -0.2) is 8.42 Å². The lowest BCUT2D eigenvalue weighted by atomic mass is 10.1. The Morgan fingerprint density at radius 2 is 1.93 bits per heavy atom. The minimum absolute atomic E-state index is 0.0875. The van der Waals surface area contributed by atoms with Crippen LogP contribution in [0, 0.1) is 0 Å². The summed E-state index contributed by atoms with van der Waals surface area (Å²) in [5.41, 5.74) is 2.11. The number of hydrogen-bond acceptors (Lipinski definition) is 4. The van der Waals surface area contributed by atoms with E-state index in [9.17, 15) is 13.2 Å². The summed E-state index contributed by atoms with van der Waals surface area (Å²) in [6, 6.07) is 9.08. The first-order valence-corrected chi connectivity index (χ1v) is 10.6. The standard InChI is InChI=1S/C19H25N3O4S/c1-2-3-4-15-5-7-16(8-6-15)21-19(23)18-13-17(14-20-18)27(24,25)22-9-11-26-12-10-22/h5-8,13-14,20H,2-4,9-12H2,1H3,(H,21,23). The summed E-state index contributed by atoms with van der Waals surface area (Å²) in [5, 5.41) is 2.79. The molecule has 0 bridgehead atoms. The van der Waals surface area contributed by atoms with Gasteiger partial charge in [0.05, 0.1) is 13.2 Å². The molecule has 1 aromatic carbocycles. The highest BCUT2D eigenvalue weighted by molar-refractivity contribution is 7.89. The Bertz CT molecular complexity index is 869. The Balaban J connectivity index is 1.66. The van der Waals surface area contributed by atoms with Gasteiger partial charge in [0.25, 0.3) is 5.91 Å². The number of unbranched alkanes of at least 4 members (excludes halogenated alkanes) is 1. The number of ether oxygens (including phenoxy) is 1. The number of carbonyl (C=O) groups excluding carboxylic acids is 1. The van der Waals surface area contributed by atoms with Crippen molar-refractivity contribution in [1.29, 1.82) is 0 Å². The van der Waals surface area contributed by atoms with Crippen LogP contribution in [-0.4, -0.2) is 49.9 Å². The number of sulfonamides is 1. The molecule has 0 atom stereocenters. The maximum atomic E-state index is 12.6. The van der Waals surface area contributed by atoms with E-state index >= 15 is 0 Å². The zero-order valence-electron chi connectivity index (χ0n) is 15.4. The minimum atomic E-state index is -3.62. The van der Waals surface area contributed by atoms with Crippen molar-refractivity contribution in [2.75, 3.05) is 31.6 Å². The molecule has 1 aromatic heterocycles. The molecule has 1 saturated heterocycles. The Labute approximate surface area is 159 Å². The Hall–Kier alpha value is -2.16. The smallest absolute Gasteiger partial charge is 0.272 e. The molecular formula is C19H25N3O4S. The fourth-order valence-corrected chi connectivity index (χ4v) is 4.33. The van der Waals surface area contributed by atoms with Crippen molar-refractivity contribution >= 4 is 21.6 Å². The maximum Gasteiger partial charge on any atom is 0.272 e. The van der Waals surface area contributed by atoms with Gasteiger partial charge in [0, 0.05) is 25.0 Å². The lowest BCUT2D eigenvalue weighted by Gasteiger charge is -2.25. The van der Waals surface area contributed by atoms with Crippen LogP contribution < -0.4 is 5.32 Å². The van der Waals surface area contributed by atoms with Gasteiger partial charge in [-0.3, -0.25) is 4.79 Å². The summed E-state index contributed by atoms with van der Waals surface area (Å²) in [6.45, 7) is 3.55. The van der Waals surface area contributed by atoms with Crippen LogP contribution in [0.4, 0.5) is 5.69 Å². The van der Waals surface area contributed by atoms with Crippen molar-refractivity contribution in [2.24, 2.45) is 0 Å². The third-order valence-corrected chi connectivity index (χ3v) is 6.42. The van der Waals surface area contributed by atoms with E-state index in [-0.39, 0.29) is 16.5 Å². The van der Waals surface area contributed by atoms with Crippen LogP contribution in [0.2, 0.25) is 0 Å². The number of nitrogens with zero attached hydrogens (tertiary/aromatic N) is 1. The number of amides is 1. The summed E-state index contributed by atoms with van der Waals surface area (Å²) < 4.78 is 31.8. The van der Waals surface area contributed by atoms with Crippen LogP contribution in [0.25, 0.3) is 0 Å². The fraction of sp³-hybridized carbons (Fsp3) is 0.421. The number of rotatable bonds is 7. The third kappa shape index (κ3) is 4.77. The molecule has 0 radical (unpaired) electrons. The van der Waals surface area contributed by atoms with Gasteiger partial charge < -0.3 is 15.0 Å². The number of morpholine rings is 1. The second-order valence-electron chi connectivity index (χ2n) is 6.52. The molecule has 27 heavy (non-hydrogen) atoms. The summed E-state index contributed by atoms with van der Waals surface area (Å²) in [6.07, 6.45) is 4.65. The monoisotopic (exact) mass is 391 g/mol. The largest absolute Gasteiger partial charge is 0.379 e. The number of carbonyl (C=O) groups is 1. The molecule has 0 unspecified atom stereocenters. The molecule has 2 heterocycles. The van der Waals surface area contributed by atoms with E-state index in [0.717, 1.165) is 19.3 Å². The van der Waals surface area contributed by atoms with E-state index in [4.69, 9.17) is 4.74 Å². The highest BCUT2D eigenvalue weighted by atomic mass is 32.2. The molecule has 7 nitrogen and oxygen atoms in total. The number of anilines is 1.